The molecule has 144 valence electrons. The normalized spacial score (nSPS) is 29.2. The van der Waals surface area contributed by atoms with Crippen molar-refractivity contribution in [3.63, 3.8) is 0 Å². The molecule has 0 aromatic heterocycles. The maximum Gasteiger partial charge on any atom is 0.333 e. The molecule has 1 aliphatic carbocycles. The fourth-order valence-electron chi connectivity index (χ4n) is 3.94. The maximum absolute atomic E-state index is 12.6. The number of allylic oxidation sites excluding steroid dienone is 4. The minimum atomic E-state index is -1.34. The van der Waals surface area contributed by atoms with Gasteiger partial charge in [0.05, 0.1) is 19.6 Å². The van der Waals surface area contributed by atoms with Crippen LogP contribution in [0, 0.1) is 11.8 Å². The monoisotopic (exact) mass is 372 g/mol. The number of hydrogen-bond donors (Lipinski definition) is 0. The van der Waals surface area contributed by atoms with Gasteiger partial charge in [-0.25, -0.2) is 4.79 Å². The summed E-state index contributed by atoms with van der Waals surface area (Å²) in [5.74, 6) is -1.02. The van der Waals surface area contributed by atoms with Crippen molar-refractivity contribution in [3.8, 4) is 0 Å². The molecule has 2 heterocycles. The highest BCUT2D eigenvalue weighted by atomic mass is 16.6. The van der Waals surface area contributed by atoms with E-state index in [1.807, 2.05) is 6.08 Å². The summed E-state index contributed by atoms with van der Waals surface area (Å²) in [6.07, 6.45) is 10.2. The average Bonchev–Trinajstić information content (AvgIpc) is 3.00. The minimum Gasteiger partial charge on any atom is -0.493 e. The molecule has 0 N–H and O–H groups in total. The van der Waals surface area contributed by atoms with Gasteiger partial charge in [-0.3, -0.25) is 9.59 Å². The molecule has 6 heteroatoms. The van der Waals surface area contributed by atoms with E-state index < -0.39 is 11.6 Å². The first-order chi connectivity index (χ1) is 13.0. The largest absolute Gasteiger partial charge is 0.493 e. The summed E-state index contributed by atoms with van der Waals surface area (Å²) in [5.41, 5.74) is -0.763. The van der Waals surface area contributed by atoms with Gasteiger partial charge in [0.2, 0.25) is 11.4 Å². The van der Waals surface area contributed by atoms with Gasteiger partial charge in [0.25, 0.3) is 0 Å². The number of carbonyl (C=O) groups is 3. The molecule has 0 saturated carbocycles. The highest BCUT2D eigenvalue weighted by Gasteiger charge is 2.62. The summed E-state index contributed by atoms with van der Waals surface area (Å²) in [5, 5.41) is 0. The van der Waals surface area contributed by atoms with Crippen LogP contribution in [-0.4, -0.2) is 36.5 Å². The summed E-state index contributed by atoms with van der Waals surface area (Å²) in [6, 6.07) is 0. The van der Waals surface area contributed by atoms with Gasteiger partial charge in [-0.05, 0) is 38.3 Å². The van der Waals surface area contributed by atoms with Gasteiger partial charge in [-0.15, -0.1) is 6.58 Å². The van der Waals surface area contributed by atoms with Crippen molar-refractivity contribution >= 4 is 17.7 Å². The van der Waals surface area contributed by atoms with Crippen LogP contribution in [-0.2, 0) is 28.6 Å². The third-order valence-corrected chi connectivity index (χ3v) is 5.26. The molecule has 0 aromatic rings. The third kappa shape index (κ3) is 3.48. The Hall–Kier alpha value is -2.63. The second kappa shape index (κ2) is 7.94. The van der Waals surface area contributed by atoms with Crippen LogP contribution in [0.15, 0.2) is 48.3 Å². The average molecular weight is 372 g/mol. The summed E-state index contributed by atoms with van der Waals surface area (Å²) in [4.78, 5) is 36.8. The summed E-state index contributed by atoms with van der Waals surface area (Å²) < 4.78 is 16.4. The van der Waals surface area contributed by atoms with E-state index in [1.165, 1.54) is 6.08 Å². The minimum absolute atomic E-state index is 0.114. The first-order valence-electron chi connectivity index (χ1n) is 9.27. The van der Waals surface area contributed by atoms with Crippen molar-refractivity contribution < 1.29 is 28.6 Å². The van der Waals surface area contributed by atoms with E-state index in [-0.39, 0.29) is 30.0 Å². The molecule has 0 bridgehead atoms. The van der Waals surface area contributed by atoms with Gasteiger partial charge in [-0.2, -0.15) is 0 Å². The van der Waals surface area contributed by atoms with Gasteiger partial charge in [0.15, 0.2) is 0 Å². The second-order valence-electron chi connectivity index (χ2n) is 6.86. The van der Waals surface area contributed by atoms with E-state index in [0.717, 1.165) is 0 Å². The Balaban J connectivity index is 1.82. The Labute approximate surface area is 158 Å². The number of hydrogen-bond acceptors (Lipinski definition) is 6. The molecule has 1 spiro atoms. The van der Waals surface area contributed by atoms with E-state index >= 15 is 0 Å². The SMILES string of the molecule is C=CCC/C(=C\C[C@H]1COC2=CC=CC(=O)[C@]23OC(=O)C[C@H]13)C(=O)OCC. The summed E-state index contributed by atoms with van der Waals surface area (Å²) >= 11 is 0. The molecule has 27 heavy (non-hydrogen) atoms. The summed E-state index contributed by atoms with van der Waals surface area (Å²) in [6.45, 7) is 6.12. The molecule has 0 radical (unpaired) electrons. The lowest BCUT2D eigenvalue weighted by Crippen LogP contribution is -2.53. The van der Waals surface area contributed by atoms with Crippen LogP contribution in [0.5, 0.6) is 0 Å². The Morgan fingerprint density at radius 2 is 2.26 bits per heavy atom. The molecule has 3 rings (SSSR count). The van der Waals surface area contributed by atoms with E-state index in [0.29, 0.717) is 43.8 Å². The lowest BCUT2D eigenvalue weighted by atomic mass is 9.70. The third-order valence-electron chi connectivity index (χ3n) is 5.26. The smallest absolute Gasteiger partial charge is 0.333 e. The van der Waals surface area contributed by atoms with E-state index in [1.54, 1.807) is 25.2 Å². The van der Waals surface area contributed by atoms with Crippen LogP contribution >= 0.6 is 0 Å². The van der Waals surface area contributed by atoms with Crippen molar-refractivity contribution in [1.29, 1.82) is 0 Å². The molecule has 0 amide bonds. The van der Waals surface area contributed by atoms with E-state index in [9.17, 15) is 14.4 Å². The van der Waals surface area contributed by atoms with Crippen molar-refractivity contribution in [2.45, 2.75) is 38.2 Å². The van der Waals surface area contributed by atoms with Crippen LogP contribution in [0.1, 0.15) is 32.6 Å². The predicted octanol–water partition coefficient (Wildman–Crippen LogP) is 2.80. The quantitative estimate of drug-likeness (QED) is 0.388. The number of ether oxygens (including phenoxy) is 3. The number of ketones is 1. The van der Waals surface area contributed by atoms with Crippen molar-refractivity contribution in [1.82, 2.24) is 0 Å². The highest BCUT2D eigenvalue weighted by Crippen LogP contribution is 2.50. The Morgan fingerprint density at radius 3 is 3.00 bits per heavy atom. The van der Waals surface area contributed by atoms with E-state index in [4.69, 9.17) is 14.2 Å². The second-order valence-corrected chi connectivity index (χ2v) is 6.86. The van der Waals surface area contributed by atoms with Crippen LogP contribution in [0.4, 0.5) is 0 Å². The molecule has 6 nitrogen and oxygen atoms in total. The maximum atomic E-state index is 12.6. The lowest BCUT2D eigenvalue weighted by molar-refractivity contribution is -0.163. The number of esters is 2. The van der Waals surface area contributed by atoms with Crippen LogP contribution in [0.2, 0.25) is 0 Å². The molecule has 2 aliphatic heterocycles. The number of rotatable bonds is 7. The molecule has 2 fully saturated rings. The van der Waals surface area contributed by atoms with Crippen molar-refractivity contribution in [2.75, 3.05) is 13.2 Å². The molecule has 3 aliphatic rings. The topological polar surface area (TPSA) is 78.9 Å². The van der Waals surface area contributed by atoms with Gasteiger partial charge < -0.3 is 14.2 Å². The first-order valence-corrected chi connectivity index (χ1v) is 9.27. The van der Waals surface area contributed by atoms with Gasteiger partial charge in [-0.1, -0.05) is 18.2 Å². The molecule has 0 unspecified atom stereocenters. The molecular weight excluding hydrogens is 348 g/mol. The Morgan fingerprint density at radius 1 is 1.44 bits per heavy atom. The van der Waals surface area contributed by atoms with Gasteiger partial charge in [0, 0.05) is 17.4 Å². The number of carbonyl (C=O) groups excluding carboxylic acids is 3. The standard InChI is InChI=1S/C21H24O6/c1-3-5-7-14(20(24)25-4-2)10-11-15-13-26-18-9-6-8-17(22)21(18)16(15)12-19(23)27-21/h3,6,8-10,15-16H,1,4-5,7,11-13H2,2H3/b14-10+/t15-,16+,21-/m0/s1. The zero-order valence-electron chi connectivity index (χ0n) is 15.4. The predicted molar refractivity (Wildman–Crippen MR) is 97.4 cm³/mol. The van der Waals surface area contributed by atoms with E-state index in [2.05, 4.69) is 6.58 Å². The van der Waals surface area contributed by atoms with Gasteiger partial charge in [0.1, 0.15) is 5.76 Å². The lowest BCUT2D eigenvalue weighted by Gasteiger charge is -2.42. The zero-order chi connectivity index (χ0) is 19.4. The fraction of sp³-hybridized carbons (Fsp3) is 0.476. The van der Waals surface area contributed by atoms with Crippen LogP contribution < -0.4 is 0 Å². The van der Waals surface area contributed by atoms with Crippen LogP contribution in [0.25, 0.3) is 0 Å². The Bertz CT molecular complexity index is 744. The fourth-order valence-corrected chi connectivity index (χ4v) is 3.94. The molecular formula is C21H24O6. The molecule has 2 saturated heterocycles. The van der Waals surface area contributed by atoms with Gasteiger partial charge >= 0.3 is 11.9 Å². The first kappa shape index (κ1) is 19.1. The van der Waals surface area contributed by atoms with Crippen LogP contribution in [0.3, 0.4) is 0 Å². The summed E-state index contributed by atoms with van der Waals surface area (Å²) in [7, 11) is 0. The zero-order valence-corrected chi connectivity index (χ0v) is 15.4. The molecule has 0 aromatic carbocycles. The Kier molecular flexibility index (Phi) is 5.63. The highest BCUT2D eigenvalue weighted by molar-refractivity contribution is 6.04. The molecule has 3 atom stereocenters. The van der Waals surface area contributed by atoms with Crippen molar-refractivity contribution in [2.24, 2.45) is 11.8 Å². The van der Waals surface area contributed by atoms with Crippen molar-refractivity contribution in [3.05, 3.63) is 48.3 Å².